The van der Waals surface area contributed by atoms with Gasteiger partial charge in [0.15, 0.2) is 0 Å². The van der Waals surface area contributed by atoms with Crippen LogP contribution < -0.4 is 5.63 Å². The van der Waals surface area contributed by atoms with Gasteiger partial charge >= 0.3 is 11.1 Å². The van der Waals surface area contributed by atoms with E-state index in [9.17, 15) is 23.1 Å². The van der Waals surface area contributed by atoms with Crippen molar-refractivity contribution in [2.75, 3.05) is 12.3 Å². The maximum atomic E-state index is 12.9. The van der Waals surface area contributed by atoms with E-state index >= 15 is 0 Å². The molecule has 1 aromatic heterocycles. The highest BCUT2D eigenvalue weighted by Crippen LogP contribution is 2.44. The van der Waals surface area contributed by atoms with Gasteiger partial charge in [-0.3, -0.25) is 4.99 Å². The van der Waals surface area contributed by atoms with Crippen LogP contribution in [0.15, 0.2) is 49.4 Å². The number of aliphatic imine (C=N–C) groups is 1. The van der Waals surface area contributed by atoms with Crippen LogP contribution in [0.4, 0.5) is 13.2 Å². The molecule has 1 aliphatic heterocycles. The van der Waals surface area contributed by atoms with Gasteiger partial charge < -0.3 is 9.52 Å². The van der Waals surface area contributed by atoms with E-state index in [1.165, 1.54) is 23.9 Å². The number of alkyl halides is 3. The second kappa shape index (κ2) is 8.02. The van der Waals surface area contributed by atoms with E-state index in [4.69, 9.17) is 4.42 Å². The molecule has 144 valence electrons. The summed E-state index contributed by atoms with van der Waals surface area (Å²) in [6.07, 6.45) is 0.224. The highest BCUT2D eigenvalue weighted by molar-refractivity contribution is 8.00. The van der Waals surface area contributed by atoms with Gasteiger partial charge in [-0.25, -0.2) is 4.79 Å². The summed E-state index contributed by atoms with van der Waals surface area (Å²) in [6, 6.07) is 7.68. The molecule has 1 unspecified atom stereocenters. The molecule has 0 bridgehead atoms. The monoisotopic (exact) mass is 415 g/mol. The first-order valence-electron chi connectivity index (χ1n) is 8.08. The summed E-state index contributed by atoms with van der Waals surface area (Å²) < 4.78 is 43.8. The minimum absolute atomic E-state index is 0.0194. The van der Waals surface area contributed by atoms with Crippen molar-refractivity contribution in [1.82, 2.24) is 0 Å². The fraction of sp³-hybridized carbons (Fsp3) is 0.333. The lowest BCUT2D eigenvalue weighted by Crippen LogP contribution is -2.17. The van der Waals surface area contributed by atoms with Crippen molar-refractivity contribution in [1.29, 1.82) is 0 Å². The Kier molecular flexibility index (Phi) is 5.90. The van der Waals surface area contributed by atoms with Crippen molar-refractivity contribution in [3.8, 4) is 5.75 Å². The fourth-order valence-electron chi connectivity index (χ4n) is 2.88. The maximum absolute atomic E-state index is 12.9. The Hall–Kier alpha value is -1.87. The molecule has 0 amide bonds. The van der Waals surface area contributed by atoms with E-state index in [-0.39, 0.29) is 45.4 Å². The van der Waals surface area contributed by atoms with E-state index in [2.05, 4.69) is 4.99 Å². The Bertz CT molecular complexity index is 925. The molecule has 3 rings (SSSR count). The van der Waals surface area contributed by atoms with Crippen molar-refractivity contribution in [2.24, 2.45) is 4.99 Å². The molecule has 27 heavy (non-hydrogen) atoms. The minimum Gasteiger partial charge on any atom is -0.507 e. The van der Waals surface area contributed by atoms with Gasteiger partial charge in [0, 0.05) is 34.9 Å². The number of rotatable bonds is 3. The number of thioether (sulfide) groups is 2. The van der Waals surface area contributed by atoms with Crippen LogP contribution in [0.1, 0.15) is 28.6 Å². The number of hydrogen-bond acceptors (Lipinski definition) is 6. The molecule has 1 atom stereocenters. The molecule has 0 saturated heterocycles. The standard InChI is InChI=1S/C18H16F3NO3S2/c1-10-8-13(23)16(17(24)25-10)12-9-15(26-7-6-22-12)11-4-2-3-5-14(11)27-18(19,20)21/h2-5,8,15,23H,6-7,9H2,1H3. The van der Waals surface area contributed by atoms with Crippen molar-refractivity contribution >= 4 is 29.2 Å². The Morgan fingerprint density at radius 1 is 1.33 bits per heavy atom. The lowest BCUT2D eigenvalue weighted by atomic mass is 10.0. The molecule has 1 aromatic carbocycles. The zero-order valence-corrected chi connectivity index (χ0v) is 15.9. The van der Waals surface area contributed by atoms with Crippen LogP contribution in [0, 0.1) is 6.92 Å². The Labute approximate surface area is 161 Å². The van der Waals surface area contributed by atoms with Gasteiger partial charge in [-0.05, 0) is 30.3 Å². The van der Waals surface area contributed by atoms with Gasteiger partial charge in [0.05, 0.1) is 5.71 Å². The van der Waals surface area contributed by atoms with Crippen LogP contribution in [-0.2, 0) is 0 Å². The summed E-state index contributed by atoms with van der Waals surface area (Å²) in [5.74, 6) is 0.636. The second-order valence-corrected chi connectivity index (χ2v) is 8.30. The Morgan fingerprint density at radius 2 is 2.07 bits per heavy atom. The van der Waals surface area contributed by atoms with Crippen LogP contribution in [0.5, 0.6) is 5.75 Å². The van der Waals surface area contributed by atoms with Gasteiger partial charge in [0.25, 0.3) is 0 Å². The van der Waals surface area contributed by atoms with Crippen LogP contribution in [0.25, 0.3) is 0 Å². The molecule has 4 nitrogen and oxygen atoms in total. The first kappa shape index (κ1) is 19.9. The fourth-order valence-corrected chi connectivity index (χ4v) is 4.82. The normalized spacial score (nSPS) is 18.1. The average Bonchev–Trinajstić information content (AvgIpc) is 2.79. The maximum Gasteiger partial charge on any atom is 0.446 e. The van der Waals surface area contributed by atoms with Gasteiger partial charge in [0.2, 0.25) is 0 Å². The Balaban J connectivity index is 1.97. The third kappa shape index (κ3) is 4.90. The second-order valence-electron chi connectivity index (χ2n) is 5.88. The van der Waals surface area contributed by atoms with Gasteiger partial charge in [0.1, 0.15) is 17.1 Å². The van der Waals surface area contributed by atoms with E-state index in [1.54, 1.807) is 25.1 Å². The van der Waals surface area contributed by atoms with E-state index in [0.29, 0.717) is 23.6 Å². The number of nitrogens with zero attached hydrogens (tertiary/aromatic N) is 1. The molecule has 0 aliphatic carbocycles. The summed E-state index contributed by atoms with van der Waals surface area (Å²) in [4.78, 5) is 16.7. The summed E-state index contributed by atoms with van der Waals surface area (Å²) in [7, 11) is 0. The highest BCUT2D eigenvalue weighted by atomic mass is 32.2. The number of aromatic hydroxyl groups is 1. The van der Waals surface area contributed by atoms with E-state index < -0.39 is 11.1 Å². The molecule has 9 heteroatoms. The summed E-state index contributed by atoms with van der Waals surface area (Å²) in [5.41, 5.74) is -4.22. The molecule has 0 fully saturated rings. The highest BCUT2D eigenvalue weighted by Gasteiger charge is 2.32. The first-order valence-corrected chi connectivity index (χ1v) is 9.95. The van der Waals surface area contributed by atoms with Crippen LogP contribution in [0.2, 0.25) is 0 Å². The topological polar surface area (TPSA) is 62.8 Å². The third-order valence-corrected chi connectivity index (χ3v) is 5.99. The van der Waals surface area contributed by atoms with Crippen molar-refractivity contribution < 1.29 is 22.7 Å². The molecule has 0 spiro atoms. The zero-order chi connectivity index (χ0) is 19.6. The van der Waals surface area contributed by atoms with Gasteiger partial charge in [-0.1, -0.05) is 18.2 Å². The summed E-state index contributed by atoms with van der Waals surface area (Å²) >= 11 is 1.33. The Morgan fingerprint density at radius 3 is 2.78 bits per heavy atom. The number of hydrogen-bond donors (Lipinski definition) is 1. The van der Waals surface area contributed by atoms with Crippen LogP contribution in [-0.4, -0.2) is 28.6 Å². The van der Waals surface area contributed by atoms with Crippen LogP contribution >= 0.6 is 23.5 Å². The molecule has 0 radical (unpaired) electrons. The first-order chi connectivity index (χ1) is 12.7. The van der Waals surface area contributed by atoms with Crippen molar-refractivity contribution in [3.05, 3.63) is 57.6 Å². The third-order valence-electron chi connectivity index (χ3n) is 3.93. The number of benzene rings is 1. The quantitative estimate of drug-likeness (QED) is 0.720. The largest absolute Gasteiger partial charge is 0.507 e. The molecule has 1 N–H and O–H groups in total. The molecular weight excluding hydrogens is 399 g/mol. The molecular formula is C18H16F3NO3S2. The SMILES string of the molecule is Cc1cc(O)c(C2=NCCSC(c3ccccc3SC(F)(F)F)C2)c(=O)o1. The van der Waals surface area contributed by atoms with Gasteiger partial charge in [-0.2, -0.15) is 24.9 Å². The lowest BCUT2D eigenvalue weighted by molar-refractivity contribution is -0.0328. The van der Waals surface area contributed by atoms with Crippen molar-refractivity contribution in [3.63, 3.8) is 0 Å². The predicted molar refractivity (Wildman–Crippen MR) is 101 cm³/mol. The van der Waals surface area contributed by atoms with Crippen molar-refractivity contribution in [2.45, 2.75) is 29.0 Å². The molecule has 0 saturated carbocycles. The molecule has 1 aliphatic rings. The van der Waals surface area contributed by atoms with E-state index in [1.807, 2.05) is 0 Å². The molecule has 2 aromatic rings. The van der Waals surface area contributed by atoms with Crippen LogP contribution in [0.3, 0.4) is 0 Å². The van der Waals surface area contributed by atoms with E-state index in [0.717, 1.165) is 0 Å². The predicted octanol–water partition coefficient (Wildman–Crippen LogP) is 4.93. The zero-order valence-electron chi connectivity index (χ0n) is 14.2. The molecule has 2 heterocycles. The number of aryl methyl sites for hydroxylation is 1. The average molecular weight is 415 g/mol. The summed E-state index contributed by atoms with van der Waals surface area (Å²) in [5, 5.41) is 9.86. The minimum atomic E-state index is -4.39. The smallest absolute Gasteiger partial charge is 0.446 e. The summed E-state index contributed by atoms with van der Waals surface area (Å²) in [6.45, 7) is 1.95. The lowest BCUT2D eigenvalue weighted by Gasteiger charge is -2.19. The number of halogens is 3. The van der Waals surface area contributed by atoms with Gasteiger partial charge in [-0.15, -0.1) is 0 Å².